The van der Waals surface area contributed by atoms with Crippen molar-refractivity contribution >= 4 is 24.0 Å². The summed E-state index contributed by atoms with van der Waals surface area (Å²) < 4.78 is 32.5. The van der Waals surface area contributed by atoms with Gasteiger partial charge >= 0.3 is 12.2 Å². The molecule has 5 rings (SSSR count). The first-order valence-electron chi connectivity index (χ1n) is 22.0. The number of carbonyl (C=O) groups excluding carboxylic acids is 4. The van der Waals surface area contributed by atoms with Gasteiger partial charge in [-0.3, -0.25) is 9.59 Å². The summed E-state index contributed by atoms with van der Waals surface area (Å²) in [5, 5.41) is 7.83. The summed E-state index contributed by atoms with van der Waals surface area (Å²) in [6, 6.07) is 10.9. The molecule has 0 radical (unpaired) electrons. The van der Waals surface area contributed by atoms with Gasteiger partial charge in [0.2, 0.25) is 11.8 Å². The van der Waals surface area contributed by atoms with Gasteiger partial charge in [0.25, 0.3) is 0 Å². The molecule has 18 nitrogen and oxygen atoms in total. The standard InChI is InChI=1S/C43H58N8O10.C3H8/c1-6-10-32(50-43(55)59-5)41(53)51-18-9-11-35(51)40-46-26-34(49-40)29-14-16-31(37(24-29)61-22-20-57-3)30-15-13-28(23-36(30)60-21-19-56-2)33-25-45-38(48-33)12-7-8-17-44-39(52)27-47-42(54)58-4;1-3-2/h13-16,23-26,32,35H,6-12,17-22,27H2,1-5H3,(H,44,52)(H,45,48)(H,46,49)(H,47,54)(H,50,55);3H2,1-2H3. The summed E-state index contributed by atoms with van der Waals surface area (Å²) in [6.45, 7) is 8.52. The molecule has 1 aliphatic heterocycles. The van der Waals surface area contributed by atoms with Crippen LogP contribution in [0.2, 0.25) is 0 Å². The van der Waals surface area contributed by atoms with Crippen LogP contribution in [0.4, 0.5) is 9.59 Å². The minimum Gasteiger partial charge on any atom is -0.491 e. The molecule has 2 unspecified atom stereocenters. The number of unbranched alkanes of at least 4 members (excludes halogenated alkanes) is 1. The number of amides is 4. The SMILES string of the molecule is CCC.CCCC(NC(=O)OC)C(=O)N1CCCC1c1ncc(-c2ccc(-c3ccc(-c4cnc(CCCCNC(=O)CNC(=O)OC)[nH]4)cc3OCCOC)c(OCCOC)c2)[nH]1. The molecule has 0 bridgehead atoms. The Morgan fingerprint density at radius 2 is 1.39 bits per heavy atom. The number of benzene rings is 2. The van der Waals surface area contributed by atoms with E-state index in [2.05, 4.69) is 49.5 Å². The van der Waals surface area contributed by atoms with Crippen molar-refractivity contribution in [1.82, 2.24) is 40.8 Å². The van der Waals surface area contributed by atoms with E-state index in [-0.39, 0.29) is 24.4 Å². The number of H-pyrrole nitrogens is 2. The van der Waals surface area contributed by atoms with Gasteiger partial charge in [0.15, 0.2) is 0 Å². The third kappa shape index (κ3) is 15.0. The highest BCUT2D eigenvalue weighted by Crippen LogP contribution is 2.41. The average Bonchev–Trinajstić information content (AvgIpc) is 4.10. The van der Waals surface area contributed by atoms with Crippen LogP contribution < -0.4 is 25.4 Å². The Balaban J connectivity index is 0.00000291. The monoisotopic (exact) mass is 890 g/mol. The lowest BCUT2D eigenvalue weighted by Gasteiger charge is -2.28. The largest absolute Gasteiger partial charge is 0.491 e. The van der Waals surface area contributed by atoms with Gasteiger partial charge in [-0.1, -0.05) is 45.7 Å². The molecular weight excluding hydrogens is 825 g/mol. The third-order valence-corrected chi connectivity index (χ3v) is 10.1. The quantitative estimate of drug-likeness (QED) is 0.0499. The van der Waals surface area contributed by atoms with Crippen molar-refractivity contribution in [1.29, 1.82) is 0 Å². The number of methoxy groups -OCH3 is 4. The van der Waals surface area contributed by atoms with Gasteiger partial charge in [-0.15, -0.1) is 0 Å². The van der Waals surface area contributed by atoms with Crippen LogP contribution in [-0.2, 0) is 35.0 Å². The lowest BCUT2D eigenvalue weighted by molar-refractivity contribution is -0.134. The lowest BCUT2D eigenvalue weighted by atomic mass is 9.98. The molecule has 0 saturated carbocycles. The number of carbonyl (C=O) groups is 4. The highest BCUT2D eigenvalue weighted by Gasteiger charge is 2.36. The van der Waals surface area contributed by atoms with Crippen molar-refractivity contribution in [2.75, 3.05) is 74.5 Å². The van der Waals surface area contributed by atoms with E-state index in [4.69, 9.17) is 28.7 Å². The first-order valence-corrected chi connectivity index (χ1v) is 22.0. The Morgan fingerprint density at radius 3 is 1.98 bits per heavy atom. The van der Waals surface area contributed by atoms with Crippen molar-refractivity contribution in [3.05, 3.63) is 60.4 Å². The van der Waals surface area contributed by atoms with Crippen LogP contribution in [0.5, 0.6) is 11.5 Å². The van der Waals surface area contributed by atoms with Crippen LogP contribution in [0.3, 0.4) is 0 Å². The maximum atomic E-state index is 13.7. The first kappa shape index (κ1) is 50.5. The van der Waals surface area contributed by atoms with E-state index >= 15 is 0 Å². The third-order valence-electron chi connectivity index (χ3n) is 10.1. The maximum absolute atomic E-state index is 13.7. The number of aromatic nitrogens is 4. The zero-order valence-electron chi connectivity index (χ0n) is 38.3. The molecule has 1 fully saturated rings. The van der Waals surface area contributed by atoms with Crippen LogP contribution in [0.1, 0.15) is 83.4 Å². The second-order valence-electron chi connectivity index (χ2n) is 15.1. The van der Waals surface area contributed by atoms with E-state index in [9.17, 15) is 19.2 Å². The minimum absolute atomic E-state index is 0.143. The molecule has 18 heteroatoms. The Kier molecular flexibility index (Phi) is 21.4. The van der Waals surface area contributed by atoms with Crippen molar-refractivity contribution in [3.8, 4) is 45.1 Å². The van der Waals surface area contributed by atoms with Crippen molar-refractivity contribution in [2.24, 2.45) is 0 Å². The van der Waals surface area contributed by atoms with E-state index < -0.39 is 18.2 Å². The number of aromatic amines is 2. The van der Waals surface area contributed by atoms with E-state index in [1.165, 1.54) is 20.6 Å². The van der Waals surface area contributed by atoms with Gasteiger partial charge in [-0.25, -0.2) is 19.6 Å². The molecule has 2 atom stereocenters. The second kappa shape index (κ2) is 27.1. The first-order chi connectivity index (χ1) is 31.1. The summed E-state index contributed by atoms with van der Waals surface area (Å²) >= 11 is 0. The van der Waals surface area contributed by atoms with Crippen molar-refractivity contribution in [2.45, 2.75) is 84.2 Å². The minimum atomic E-state index is -0.684. The number of imidazole rings is 2. The van der Waals surface area contributed by atoms with E-state index in [1.54, 1.807) is 31.5 Å². The Labute approximate surface area is 375 Å². The molecule has 1 saturated heterocycles. The van der Waals surface area contributed by atoms with Gasteiger partial charge in [0, 0.05) is 56.0 Å². The van der Waals surface area contributed by atoms with Crippen molar-refractivity contribution < 1.29 is 47.6 Å². The number of hydrogen-bond acceptors (Lipinski definition) is 12. The number of hydrogen-bond donors (Lipinski definition) is 5. The summed E-state index contributed by atoms with van der Waals surface area (Å²) in [5.74, 6) is 2.28. The summed E-state index contributed by atoms with van der Waals surface area (Å²) in [7, 11) is 5.77. The average molecular weight is 891 g/mol. The molecular formula is C46H66N8O10. The number of likely N-dealkylation sites (tertiary alicyclic amines) is 1. The Bertz CT molecular complexity index is 2070. The second-order valence-corrected chi connectivity index (χ2v) is 15.1. The Morgan fingerprint density at radius 1 is 0.781 bits per heavy atom. The number of nitrogens with one attached hydrogen (secondary N) is 5. The van der Waals surface area contributed by atoms with Gasteiger partial charge < -0.3 is 59.2 Å². The molecule has 1 aliphatic rings. The molecule has 5 N–H and O–H groups in total. The van der Waals surface area contributed by atoms with Crippen LogP contribution in [0.15, 0.2) is 48.8 Å². The number of alkyl carbamates (subject to hydrolysis) is 2. The molecule has 0 aliphatic carbocycles. The van der Waals surface area contributed by atoms with Crippen LogP contribution >= 0.6 is 0 Å². The van der Waals surface area contributed by atoms with E-state index in [0.717, 1.165) is 71.6 Å². The molecule has 3 heterocycles. The fraction of sp³-hybridized carbons (Fsp3) is 0.522. The molecule has 350 valence electrons. The molecule has 0 spiro atoms. The summed E-state index contributed by atoms with van der Waals surface area (Å²) in [4.78, 5) is 66.7. The molecule has 2 aromatic carbocycles. The number of ether oxygens (including phenoxy) is 6. The van der Waals surface area contributed by atoms with Crippen LogP contribution in [0.25, 0.3) is 33.6 Å². The molecule has 2 aromatic heterocycles. The number of aryl methyl sites for hydroxylation is 1. The van der Waals surface area contributed by atoms with Crippen LogP contribution in [0, 0.1) is 0 Å². The highest BCUT2D eigenvalue weighted by atomic mass is 16.5. The van der Waals surface area contributed by atoms with Gasteiger partial charge in [0.1, 0.15) is 42.4 Å². The van der Waals surface area contributed by atoms with Crippen LogP contribution in [-0.4, -0.2) is 129 Å². The topological polar surface area (TPSA) is 220 Å². The highest BCUT2D eigenvalue weighted by molar-refractivity contribution is 5.86. The number of nitrogens with zero attached hydrogens (tertiary/aromatic N) is 3. The lowest BCUT2D eigenvalue weighted by Crippen LogP contribution is -2.48. The Hall–Kier alpha value is -6.14. The van der Waals surface area contributed by atoms with Gasteiger partial charge in [-0.2, -0.15) is 0 Å². The smallest absolute Gasteiger partial charge is 0.407 e. The molecule has 4 amide bonds. The normalized spacial score (nSPS) is 13.6. The van der Waals surface area contributed by atoms with Crippen molar-refractivity contribution in [3.63, 3.8) is 0 Å². The zero-order valence-corrected chi connectivity index (χ0v) is 38.3. The summed E-state index contributed by atoms with van der Waals surface area (Å²) in [6.07, 6.45) is 8.49. The molecule has 4 aromatic rings. The molecule has 64 heavy (non-hydrogen) atoms. The fourth-order valence-corrected chi connectivity index (χ4v) is 7.02. The predicted octanol–water partition coefficient (Wildman–Crippen LogP) is 6.58. The van der Waals surface area contributed by atoms with Gasteiger partial charge in [0.05, 0.1) is 63.8 Å². The van der Waals surface area contributed by atoms with Gasteiger partial charge in [-0.05, 0) is 56.4 Å². The zero-order chi connectivity index (χ0) is 46.3. The van der Waals surface area contributed by atoms with E-state index in [1.807, 2.05) is 43.3 Å². The predicted molar refractivity (Wildman–Crippen MR) is 242 cm³/mol. The maximum Gasteiger partial charge on any atom is 0.407 e. The fourth-order valence-electron chi connectivity index (χ4n) is 7.02. The summed E-state index contributed by atoms with van der Waals surface area (Å²) in [5.41, 5.74) is 4.92. The number of rotatable bonds is 23. The van der Waals surface area contributed by atoms with E-state index in [0.29, 0.717) is 69.7 Å².